The van der Waals surface area contributed by atoms with Gasteiger partial charge < -0.3 is 26.4 Å². The van der Waals surface area contributed by atoms with Gasteiger partial charge in [0.05, 0.1) is 6.04 Å². The molecule has 6 nitrogen and oxygen atoms in total. The van der Waals surface area contributed by atoms with E-state index < -0.39 is 6.04 Å². The maximum atomic E-state index is 12.0. The highest BCUT2D eigenvalue weighted by Crippen LogP contribution is 2.47. The van der Waals surface area contributed by atoms with E-state index in [1.807, 2.05) is 0 Å². The van der Waals surface area contributed by atoms with Crippen molar-refractivity contribution in [3.05, 3.63) is 23.8 Å². The van der Waals surface area contributed by atoms with Gasteiger partial charge in [0, 0.05) is 13.2 Å². The van der Waals surface area contributed by atoms with Gasteiger partial charge in [-0.25, -0.2) is 0 Å². The van der Waals surface area contributed by atoms with Crippen molar-refractivity contribution in [2.24, 2.45) is 11.1 Å². The molecule has 1 amide bonds. The number of nitrogens with two attached hydrogens (primary N) is 1. The molecule has 21 heavy (non-hydrogen) atoms. The van der Waals surface area contributed by atoms with E-state index >= 15 is 0 Å². The topological polar surface area (TPSA) is 116 Å². The smallest absolute Gasteiger partial charge is 0.237 e. The highest BCUT2D eigenvalue weighted by Gasteiger charge is 2.42. The summed E-state index contributed by atoms with van der Waals surface area (Å²) in [5.74, 6) is -0.664. The molecule has 1 aromatic carbocycles. The van der Waals surface area contributed by atoms with Gasteiger partial charge >= 0.3 is 0 Å². The summed E-state index contributed by atoms with van der Waals surface area (Å²) in [7, 11) is 0. The van der Waals surface area contributed by atoms with Gasteiger partial charge in [0.1, 0.15) is 0 Å². The van der Waals surface area contributed by atoms with Crippen LogP contribution in [0.1, 0.15) is 24.8 Å². The van der Waals surface area contributed by atoms with Crippen LogP contribution in [0.15, 0.2) is 18.2 Å². The molecule has 0 unspecified atom stereocenters. The van der Waals surface area contributed by atoms with Crippen molar-refractivity contribution in [2.75, 3.05) is 13.2 Å². The fourth-order valence-corrected chi connectivity index (χ4v) is 2.38. The van der Waals surface area contributed by atoms with Gasteiger partial charge in [-0.3, -0.25) is 4.79 Å². The van der Waals surface area contributed by atoms with E-state index in [2.05, 4.69) is 5.32 Å². The molecule has 6 heteroatoms. The Morgan fingerprint density at radius 1 is 1.33 bits per heavy atom. The summed E-state index contributed by atoms with van der Waals surface area (Å²) >= 11 is 0. The Balaban J connectivity index is 1.83. The third kappa shape index (κ3) is 4.09. The first kappa shape index (κ1) is 15.6. The SMILES string of the molecule is N[C@@H](Cc1ccc(O)c(O)c1)C(=O)NCC1(CCO)CC1. The van der Waals surface area contributed by atoms with Gasteiger partial charge in [-0.1, -0.05) is 6.07 Å². The molecular formula is C15H22N2O4. The van der Waals surface area contributed by atoms with E-state index in [-0.39, 0.29) is 35.8 Å². The van der Waals surface area contributed by atoms with E-state index in [9.17, 15) is 15.0 Å². The molecular weight excluding hydrogens is 272 g/mol. The number of nitrogens with one attached hydrogen (secondary N) is 1. The zero-order valence-corrected chi connectivity index (χ0v) is 11.9. The van der Waals surface area contributed by atoms with Crippen LogP contribution in [0.4, 0.5) is 0 Å². The maximum absolute atomic E-state index is 12.0. The summed E-state index contributed by atoms with van der Waals surface area (Å²) in [5.41, 5.74) is 6.60. The summed E-state index contributed by atoms with van der Waals surface area (Å²) in [5, 5.41) is 30.5. The highest BCUT2D eigenvalue weighted by atomic mass is 16.3. The number of rotatable bonds is 7. The monoisotopic (exact) mass is 294 g/mol. The summed E-state index contributed by atoms with van der Waals surface area (Å²) in [6.07, 6.45) is 3.03. The van der Waals surface area contributed by atoms with Crippen molar-refractivity contribution in [1.82, 2.24) is 5.32 Å². The van der Waals surface area contributed by atoms with E-state index in [0.717, 1.165) is 12.8 Å². The fraction of sp³-hybridized carbons (Fsp3) is 0.533. The lowest BCUT2D eigenvalue weighted by molar-refractivity contribution is -0.122. The normalized spacial score (nSPS) is 17.2. The Bertz CT molecular complexity index is 514. The highest BCUT2D eigenvalue weighted by molar-refractivity contribution is 5.81. The van der Waals surface area contributed by atoms with Gasteiger partial charge in [0.15, 0.2) is 11.5 Å². The number of benzene rings is 1. The molecule has 0 aromatic heterocycles. The Morgan fingerprint density at radius 2 is 2.05 bits per heavy atom. The van der Waals surface area contributed by atoms with Crippen molar-refractivity contribution >= 4 is 5.91 Å². The summed E-state index contributed by atoms with van der Waals surface area (Å²) < 4.78 is 0. The van der Waals surface area contributed by atoms with Gasteiger partial charge in [0.2, 0.25) is 5.91 Å². The first-order chi connectivity index (χ1) is 9.96. The number of aromatic hydroxyl groups is 2. The Morgan fingerprint density at radius 3 is 2.62 bits per heavy atom. The maximum Gasteiger partial charge on any atom is 0.237 e. The van der Waals surface area contributed by atoms with E-state index in [0.29, 0.717) is 18.5 Å². The van der Waals surface area contributed by atoms with Crippen molar-refractivity contribution in [3.8, 4) is 11.5 Å². The largest absolute Gasteiger partial charge is 0.504 e. The standard InChI is InChI=1S/C15H22N2O4/c16-11(7-10-1-2-12(19)13(20)8-10)14(21)17-9-15(3-4-15)5-6-18/h1-2,8,11,18-20H,3-7,9,16H2,(H,17,21)/t11-/m0/s1. The molecule has 0 heterocycles. The molecule has 1 aliphatic rings. The van der Waals surface area contributed by atoms with Gasteiger partial charge in [-0.2, -0.15) is 0 Å². The number of aliphatic hydroxyl groups is 1. The van der Waals surface area contributed by atoms with E-state index in [1.54, 1.807) is 6.07 Å². The molecule has 6 N–H and O–H groups in total. The molecule has 0 saturated heterocycles. The van der Waals surface area contributed by atoms with Crippen LogP contribution in [0.2, 0.25) is 0 Å². The number of hydrogen-bond donors (Lipinski definition) is 5. The molecule has 1 saturated carbocycles. The number of carbonyl (C=O) groups is 1. The minimum atomic E-state index is -0.709. The lowest BCUT2D eigenvalue weighted by Crippen LogP contribution is -2.44. The number of hydrogen-bond acceptors (Lipinski definition) is 5. The van der Waals surface area contributed by atoms with Crippen LogP contribution in [0.25, 0.3) is 0 Å². The number of phenolic OH excluding ortho intramolecular Hbond substituents is 2. The Labute approximate surface area is 123 Å². The third-order valence-corrected chi connectivity index (χ3v) is 4.07. The minimum absolute atomic E-state index is 0.0565. The van der Waals surface area contributed by atoms with Crippen molar-refractivity contribution in [1.29, 1.82) is 0 Å². The lowest BCUT2D eigenvalue weighted by Gasteiger charge is -2.17. The molecule has 0 radical (unpaired) electrons. The van der Waals surface area contributed by atoms with E-state index in [4.69, 9.17) is 10.8 Å². The molecule has 2 rings (SSSR count). The van der Waals surface area contributed by atoms with Crippen LogP contribution in [0, 0.1) is 5.41 Å². The summed E-state index contributed by atoms with van der Waals surface area (Å²) in [6, 6.07) is 3.68. The number of phenols is 2. The second-order valence-electron chi connectivity index (χ2n) is 5.83. The predicted octanol–water partition coefficient (Wildman–Crippen LogP) is 0.246. The Kier molecular flexibility index (Phi) is 4.69. The third-order valence-electron chi connectivity index (χ3n) is 4.07. The van der Waals surface area contributed by atoms with Crippen LogP contribution in [-0.2, 0) is 11.2 Å². The molecule has 0 aliphatic heterocycles. The van der Waals surface area contributed by atoms with Gasteiger partial charge in [0.25, 0.3) is 0 Å². The van der Waals surface area contributed by atoms with Crippen molar-refractivity contribution in [2.45, 2.75) is 31.7 Å². The first-order valence-electron chi connectivity index (χ1n) is 7.11. The molecule has 116 valence electrons. The molecule has 0 bridgehead atoms. The molecule has 1 fully saturated rings. The fourth-order valence-electron chi connectivity index (χ4n) is 2.38. The zero-order valence-electron chi connectivity index (χ0n) is 11.9. The average molecular weight is 294 g/mol. The number of amides is 1. The van der Waals surface area contributed by atoms with Crippen molar-refractivity contribution < 1.29 is 20.1 Å². The van der Waals surface area contributed by atoms with E-state index in [1.165, 1.54) is 12.1 Å². The van der Waals surface area contributed by atoms with Gasteiger partial charge in [-0.15, -0.1) is 0 Å². The zero-order chi connectivity index (χ0) is 15.5. The first-order valence-corrected chi connectivity index (χ1v) is 7.11. The quantitative estimate of drug-likeness (QED) is 0.462. The van der Waals surface area contributed by atoms with Crippen molar-refractivity contribution in [3.63, 3.8) is 0 Å². The number of aliphatic hydroxyl groups excluding tert-OH is 1. The summed E-state index contributed by atoms with van der Waals surface area (Å²) in [4.78, 5) is 12.0. The molecule has 0 spiro atoms. The minimum Gasteiger partial charge on any atom is -0.504 e. The van der Waals surface area contributed by atoms with Crippen LogP contribution >= 0.6 is 0 Å². The van der Waals surface area contributed by atoms with Crippen LogP contribution in [-0.4, -0.2) is 40.4 Å². The van der Waals surface area contributed by atoms with Crippen LogP contribution in [0.3, 0.4) is 0 Å². The van der Waals surface area contributed by atoms with Crippen LogP contribution in [0.5, 0.6) is 11.5 Å². The molecule has 1 aliphatic carbocycles. The Hall–Kier alpha value is -1.79. The second kappa shape index (κ2) is 6.32. The lowest BCUT2D eigenvalue weighted by atomic mass is 10.0. The number of carbonyl (C=O) groups excluding carboxylic acids is 1. The molecule has 1 atom stereocenters. The average Bonchev–Trinajstić information content (AvgIpc) is 3.21. The second-order valence-corrected chi connectivity index (χ2v) is 5.83. The van der Waals surface area contributed by atoms with Crippen LogP contribution < -0.4 is 11.1 Å². The summed E-state index contributed by atoms with van der Waals surface area (Å²) in [6.45, 7) is 0.676. The molecule has 1 aromatic rings. The van der Waals surface area contributed by atoms with Gasteiger partial charge in [-0.05, 0) is 48.8 Å². The predicted molar refractivity (Wildman–Crippen MR) is 77.8 cm³/mol.